The number of carbonyl (C=O) groups excluding carboxylic acids is 1. The molecule has 4 nitrogen and oxygen atoms in total. The fraction of sp³-hybridized carbons (Fsp3) is 0.591. The van der Waals surface area contributed by atoms with Crippen LogP contribution in [0.4, 0.5) is 4.79 Å². The average molecular weight is 354 g/mol. The highest BCUT2D eigenvalue weighted by molar-refractivity contribution is 5.69. The molecule has 0 bridgehead atoms. The number of amides is 1. The van der Waals surface area contributed by atoms with E-state index in [1.807, 2.05) is 11.8 Å². The Kier molecular flexibility index (Phi) is 5.30. The van der Waals surface area contributed by atoms with Crippen molar-refractivity contribution in [2.75, 3.05) is 39.3 Å². The van der Waals surface area contributed by atoms with E-state index in [2.05, 4.69) is 35.2 Å². The number of carbonyl (C=O) groups is 1. The third-order valence-corrected chi connectivity index (χ3v) is 6.24. The number of hydrogen-bond donors (Lipinski definition) is 0. The minimum atomic E-state index is -0.168. The third-order valence-electron chi connectivity index (χ3n) is 6.24. The van der Waals surface area contributed by atoms with Crippen molar-refractivity contribution < 1.29 is 9.53 Å². The van der Waals surface area contributed by atoms with E-state index in [9.17, 15) is 4.79 Å². The summed E-state index contributed by atoms with van der Waals surface area (Å²) in [6.45, 7) is 7.58. The molecule has 0 aromatic heterocycles. The van der Waals surface area contributed by atoms with Crippen LogP contribution in [0.25, 0.3) is 0 Å². The van der Waals surface area contributed by atoms with E-state index < -0.39 is 0 Å². The molecule has 0 radical (unpaired) electrons. The molecule has 2 aliphatic heterocycles. The number of benzene rings is 1. The Labute approximate surface area is 156 Å². The number of nitrogens with zero attached hydrogens (tertiary/aromatic N) is 2. The molecule has 2 unspecified atom stereocenters. The Balaban J connectivity index is 1.35. The van der Waals surface area contributed by atoms with Crippen LogP contribution in [0.5, 0.6) is 0 Å². The van der Waals surface area contributed by atoms with Gasteiger partial charge in [0.2, 0.25) is 0 Å². The van der Waals surface area contributed by atoms with Gasteiger partial charge in [-0.15, -0.1) is 0 Å². The van der Waals surface area contributed by atoms with Crippen molar-refractivity contribution in [3.63, 3.8) is 0 Å². The molecule has 3 aliphatic rings. The summed E-state index contributed by atoms with van der Waals surface area (Å²) < 4.78 is 5.17. The molecule has 4 heteroatoms. The van der Waals surface area contributed by atoms with Crippen molar-refractivity contribution in [3.05, 3.63) is 47.0 Å². The quantitative estimate of drug-likeness (QED) is 0.754. The Hall–Kier alpha value is -1.81. The summed E-state index contributed by atoms with van der Waals surface area (Å²) >= 11 is 0. The van der Waals surface area contributed by atoms with Gasteiger partial charge >= 0.3 is 6.09 Å². The number of likely N-dealkylation sites (tertiary alicyclic amines) is 2. The SMILES string of the molecule is CCOC(=O)N1CC2=CCC(c3ccc(CCN4CCCC4)cc3)C2C1. The van der Waals surface area contributed by atoms with Crippen LogP contribution in [-0.4, -0.2) is 55.2 Å². The molecular weight excluding hydrogens is 324 g/mol. The summed E-state index contributed by atoms with van der Waals surface area (Å²) in [5.74, 6) is 0.979. The van der Waals surface area contributed by atoms with Crippen molar-refractivity contribution in [3.8, 4) is 0 Å². The van der Waals surface area contributed by atoms with E-state index in [0.717, 1.165) is 25.9 Å². The minimum absolute atomic E-state index is 0.168. The zero-order valence-electron chi connectivity index (χ0n) is 15.8. The molecule has 1 aromatic carbocycles. The molecule has 1 aromatic rings. The topological polar surface area (TPSA) is 32.8 Å². The first-order valence-electron chi connectivity index (χ1n) is 10.2. The van der Waals surface area contributed by atoms with Gasteiger partial charge in [0, 0.05) is 25.6 Å². The molecule has 1 amide bonds. The first kappa shape index (κ1) is 17.6. The van der Waals surface area contributed by atoms with Crippen molar-refractivity contribution >= 4 is 6.09 Å². The fourth-order valence-corrected chi connectivity index (χ4v) is 4.75. The Morgan fingerprint density at radius 1 is 1.15 bits per heavy atom. The first-order valence-corrected chi connectivity index (χ1v) is 10.2. The van der Waals surface area contributed by atoms with Crippen LogP contribution in [0.15, 0.2) is 35.9 Å². The molecule has 1 aliphatic carbocycles. The molecule has 2 fully saturated rings. The predicted octanol–water partition coefficient (Wildman–Crippen LogP) is 3.83. The summed E-state index contributed by atoms with van der Waals surface area (Å²) in [5.41, 5.74) is 4.27. The second-order valence-corrected chi connectivity index (χ2v) is 7.85. The van der Waals surface area contributed by atoms with Gasteiger partial charge in [0.15, 0.2) is 0 Å². The van der Waals surface area contributed by atoms with Crippen molar-refractivity contribution in [2.45, 2.75) is 38.5 Å². The Bertz CT molecular complexity index is 661. The maximum atomic E-state index is 12.0. The Morgan fingerprint density at radius 2 is 1.92 bits per heavy atom. The lowest BCUT2D eigenvalue weighted by Gasteiger charge is -2.21. The maximum absolute atomic E-state index is 12.0. The van der Waals surface area contributed by atoms with Gasteiger partial charge in [-0.2, -0.15) is 0 Å². The summed E-state index contributed by atoms with van der Waals surface area (Å²) in [6.07, 6.45) is 7.15. The number of rotatable bonds is 5. The number of fused-ring (bicyclic) bond motifs is 1. The lowest BCUT2D eigenvalue weighted by molar-refractivity contribution is 0.114. The standard InChI is InChI=1S/C22H30N2O2/c1-2-26-22(25)24-15-19-9-10-20(21(19)16-24)18-7-5-17(6-8-18)11-14-23-12-3-4-13-23/h5-9,20-21H,2-4,10-16H2,1H3. The van der Waals surface area contributed by atoms with Gasteiger partial charge in [-0.25, -0.2) is 4.79 Å². The molecule has 0 saturated carbocycles. The van der Waals surface area contributed by atoms with Gasteiger partial charge in [-0.1, -0.05) is 30.3 Å². The molecule has 140 valence electrons. The third kappa shape index (κ3) is 3.66. The van der Waals surface area contributed by atoms with Crippen LogP contribution in [0.2, 0.25) is 0 Å². The highest BCUT2D eigenvalue weighted by atomic mass is 16.6. The maximum Gasteiger partial charge on any atom is 0.410 e. The number of ether oxygens (including phenoxy) is 1. The highest BCUT2D eigenvalue weighted by Crippen LogP contribution is 2.43. The van der Waals surface area contributed by atoms with Gasteiger partial charge in [-0.05, 0) is 68.3 Å². The molecule has 0 spiro atoms. The molecule has 4 rings (SSSR count). The molecule has 26 heavy (non-hydrogen) atoms. The monoisotopic (exact) mass is 354 g/mol. The number of hydrogen-bond acceptors (Lipinski definition) is 3. The van der Waals surface area contributed by atoms with E-state index >= 15 is 0 Å². The largest absolute Gasteiger partial charge is 0.450 e. The lowest BCUT2D eigenvalue weighted by Crippen LogP contribution is -2.30. The van der Waals surface area contributed by atoms with E-state index in [-0.39, 0.29) is 6.09 Å². The average Bonchev–Trinajstić information content (AvgIpc) is 3.37. The van der Waals surface area contributed by atoms with Crippen LogP contribution < -0.4 is 0 Å². The summed E-state index contributed by atoms with van der Waals surface area (Å²) in [7, 11) is 0. The van der Waals surface area contributed by atoms with Crippen LogP contribution in [0, 0.1) is 5.92 Å². The molecular formula is C22H30N2O2. The smallest absolute Gasteiger partial charge is 0.410 e. The van der Waals surface area contributed by atoms with Gasteiger partial charge in [0.1, 0.15) is 0 Å². The van der Waals surface area contributed by atoms with Crippen LogP contribution >= 0.6 is 0 Å². The van der Waals surface area contributed by atoms with E-state index in [0.29, 0.717) is 18.4 Å². The number of allylic oxidation sites excluding steroid dienone is 1. The van der Waals surface area contributed by atoms with Gasteiger partial charge < -0.3 is 14.5 Å². The fourth-order valence-electron chi connectivity index (χ4n) is 4.75. The van der Waals surface area contributed by atoms with Gasteiger partial charge in [0.25, 0.3) is 0 Å². The normalized spacial score (nSPS) is 25.4. The second-order valence-electron chi connectivity index (χ2n) is 7.85. The molecule has 2 heterocycles. The molecule has 0 N–H and O–H groups in total. The minimum Gasteiger partial charge on any atom is -0.450 e. The zero-order valence-corrected chi connectivity index (χ0v) is 15.8. The highest BCUT2D eigenvalue weighted by Gasteiger charge is 2.39. The van der Waals surface area contributed by atoms with Gasteiger partial charge in [-0.3, -0.25) is 0 Å². The first-order chi connectivity index (χ1) is 12.7. The van der Waals surface area contributed by atoms with Gasteiger partial charge in [0.05, 0.1) is 6.61 Å². The van der Waals surface area contributed by atoms with Crippen molar-refractivity contribution in [2.24, 2.45) is 5.92 Å². The van der Waals surface area contributed by atoms with Crippen LogP contribution in [-0.2, 0) is 11.2 Å². The van der Waals surface area contributed by atoms with Crippen molar-refractivity contribution in [1.29, 1.82) is 0 Å². The molecule has 2 saturated heterocycles. The van der Waals surface area contributed by atoms with E-state index in [1.54, 1.807) is 0 Å². The lowest BCUT2D eigenvalue weighted by atomic mass is 9.86. The summed E-state index contributed by atoms with van der Waals surface area (Å²) in [4.78, 5) is 16.4. The zero-order chi connectivity index (χ0) is 17.9. The van der Waals surface area contributed by atoms with E-state index in [4.69, 9.17) is 4.74 Å². The predicted molar refractivity (Wildman–Crippen MR) is 103 cm³/mol. The Morgan fingerprint density at radius 3 is 2.65 bits per heavy atom. The summed E-state index contributed by atoms with van der Waals surface area (Å²) in [5, 5.41) is 0. The summed E-state index contributed by atoms with van der Waals surface area (Å²) in [6, 6.07) is 9.24. The van der Waals surface area contributed by atoms with Crippen LogP contribution in [0.3, 0.4) is 0 Å². The molecule has 2 atom stereocenters. The van der Waals surface area contributed by atoms with Crippen molar-refractivity contribution in [1.82, 2.24) is 9.80 Å². The van der Waals surface area contributed by atoms with Crippen LogP contribution in [0.1, 0.15) is 43.2 Å². The van der Waals surface area contributed by atoms with E-state index in [1.165, 1.54) is 49.2 Å². The second kappa shape index (κ2) is 7.83.